The molecule has 0 aliphatic carbocycles. The van der Waals surface area contributed by atoms with Crippen LogP contribution in [0.5, 0.6) is 0 Å². The van der Waals surface area contributed by atoms with Crippen LogP contribution in [0.2, 0.25) is 5.02 Å². The van der Waals surface area contributed by atoms with Crippen LogP contribution in [0.15, 0.2) is 42.6 Å². The van der Waals surface area contributed by atoms with E-state index in [0.717, 1.165) is 11.3 Å². The van der Waals surface area contributed by atoms with Crippen molar-refractivity contribution < 1.29 is 9.59 Å². The average molecular weight is 332 g/mol. The third kappa shape index (κ3) is 5.07. The fourth-order valence-electron chi connectivity index (χ4n) is 2.01. The van der Waals surface area contributed by atoms with Gasteiger partial charge in [-0.3, -0.25) is 14.6 Å². The van der Waals surface area contributed by atoms with Crippen molar-refractivity contribution in [3.05, 3.63) is 58.9 Å². The zero-order valence-corrected chi connectivity index (χ0v) is 13.8. The Hall–Kier alpha value is -2.40. The van der Waals surface area contributed by atoms with Gasteiger partial charge in [-0.05, 0) is 36.8 Å². The molecule has 0 fully saturated rings. The number of anilines is 1. The second kappa shape index (κ2) is 7.74. The van der Waals surface area contributed by atoms with Gasteiger partial charge in [0.25, 0.3) is 0 Å². The Morgan fingerprint density at radius 2 is 2.04 bits per heavy atom. The molecule has 1 N–H and O–H groups in total. The molecule has 0 atom stereocenters. The third-order valence-corrected chi connectivity index (χ3v) is 3.72. The minimum Gasteiger partial charge on any atom is -0.328 e. The van der Waals surface area contributed by atoms with E-state index in [1.54, 1.807) is 24.4 Å². The fourth-order valence-corrected chi connectivity index (χ4v) is 2.19. The SMILES string of the molecule is CC(=O)N(CC(=O)Nc1ccc(C)c(Cl)c1)Cc1ccccn1. The smallest absolute Gasteiger partial charge is 0.244 e. The van der Waals surface area contributed by atoms with E-state index in [9.17, 15) is 9.59 Å². The van der Waals surface area contributed by atoms with Crippen molar-refractivity contribution >= 4 is 29.1 Å². The first kappa shape index (κ1) is 17.0. The Morgan fingerprint density at radius 1 is 1.26 bits per heavy atom. The van der Waals surface area contributed by atoms with Crippen LogP contribution in [0.4, 0.5) is 5.69 Å². The van der Waals surface area contributed by atoms with Gasteiger partial charge in [0.1, 0.15) is 6.54 Å². The number of halogens is 1. The molecule has 23 heavy (non-hydrogen) atoms. The van der Waals surface area contributed by atoms with Gasteiger partial charge in [-0.25, -0.2) is 0 Å². The van der Waals surface area contributed by atoms with Crippen molar-refractivity contribution in [3.63, 3.8) is 0 Å². The highest BCUT2D eigenvalue weighted by molar-refractivity contribution is 6.31. The topological polar surface area (TPSA) is 62.3 Å². The summed E-state index contributed by atoms with van der Waals surface area (Å²) in [5.74, 6) is -0.469. The van der Waals surface area contributed by atoms with Gasteiger partial charge < -0.3 is 10.2 Å². The number of hydrogen-bond donors (Lipinski definition) is 1. The van der Waals surface area contributed by atoms with Crippen LogP contribution in [0, 0.1) is 6.92 Å². The standard InChI is InChI=1S/C17H18ClN3O2/c1-12-6-7-14(9-16(12)18)20-17(23)11-21(13(2)22)10-15-5-3-4-8-19-15/h3-9H,10-11H2,1-2H3,(H,20,23). The number of hydrogen-bond acceptors (Lipinski definition) is 3. The maximum atomic E-state index is 12.1. The molecule has 0 bridgehead atoms. The van der Waals surface area contributed by atoms with Crippen LogP contribution in [-0.2, 0) is 16.1 Å². The largest absolute Gasteiger partial charge is 0.328 e. The van der Waals surface area contributed by atoms with Crippen LogP contribution >= 0.6 is 11.6 Å². The van der Waals surface area contributed by atoms with Crippen LogP contribution in [-0.4, -0.2) is 28.2 Å². The van der Waals surface area contributed by atoms with Gasteiger partial charge in [0.05, 0.1) is 12.2 Å². The lowest BCUT2D eigenvalue weighted by molar-refractivity contribution is -0.133. The molecule has 1 aromatic carbocycles. The lowest BCUT2D eigenvalue weighted by Gasteiger charge is -2.20. The van der Waals surface area contributed by atoms with Crippen molar-refractivity contribution in [1.82, 2.24) is 9.88 Å². The molecule has 0 radical (unpaired) electrons. The molecule has 0 unspecified atom stereocenters. The Labute approximate surface area is 140 Å². The molecule has 2 aromatic rings. The van der Waals surface area contributed by atoms with E-state index < -0.39 is 0 Å². The maximum absolute atomic E-state index is 12.1. The maximum Gasteiger partial charge on any atom is 0.244 e. The molecule has 2 rings (SSSR count). The molecule has 120 valence electrons. The summed E-state index contributed by atoms with van der Waals surface area (Å²) in [4.78, 5) is 29.5. The number of benzene rings is 1. The number of amides is 2. The molecule has 5 nitrogen and oxygen atoms in total. The Balaban J connectivity index is 2.00. The summed E-state index contributed by atoms with van der Waals surface area (Å²) in [5.41, 5.74) is 2.27. The van der Waals surface area contributed by atoms with Crippen LogP contribution < -0.4 is 5.32 Å². The minimum atomic E-state index is -0.281. The van der Waals surface area contributed by atoms with E-state index in [4.69, 9.17) is 11.6 Å². The lowest BCUT2D eigenvalue weighted by atomic mass is 10.2. The molecular formula is C17H18ClN3O2. The molecule has 0 aliphatic rings. The second-order valence-electron chi connectivity index (χ2n) is 5.21. The van der Waals surface area contributed by atoms with Crippen molar-refractivity contribution in [1.29, 1.82) is 0 Å². The highest BCUT2D eigenvalue weighted by Gasteiger charge is 2.15. The first-order chi connectivity index (χ1) is 11.0. The van der Waals surface area contributed by atoms with Crippen LogP contribution in [0.3, 0.4) is 0 Å². The average Bonchev–Trinajstić information content (AvgIpc) is 2.51. The van der Waals surface area contributed by atoms with Gasteiger partial charge in [0.2, 0.25) is 11.8 Å². The van der Waals surface area contributed by atoms with Gasteiger partial charge in [-0.15, -0.1) is 0 Å². The number of aryl methyl sites for hydroxylation is 1. The number of nitrogens with zero attached hydrogens (tertiary/aromatic N) is 2. The van der Waals surface area contributed by atoms with E-state index in [-0.39, 0.29) is 24.9 Å². The van der Waals surface area contributed by atoms with Gasteiger partial charge in [0, 0.05) is 23.8 Å². The zero-order valence-electron chi connectivity index (χ0n) is 13.0. The molecular weight excluding hydrogens is 314 g/mol. The first-order valence-corrected chi connectivity index (χ1v) is 7.55. The number of nitrogens with one attached hydrogen (secondary N) is 1. The minimum absolute atomic E-state index is 0.0442. The number of carbonyl (C=O) groups is 2. The molecule has 6 heteroatoms. The predicted molar refractivity (Wildman–Crippen MR) is 90.1 cm³/mol. The van der Waals surface area contributed by atoms with E-state index in [2.05, 4.69) is 10.3 Å². The van der Waals surface area contributed by atoms with Gasteiger partial charge in [0.15, 0.2) is 0 Å². The van der Waals surface area contributed by atoms with E-state index in [1.165, 1.54) is 11.8 Å². The third-order valence-electron chi connectivity index (χ3n) is 3.31. The van der Waals surface area contributed by atoms with Crippen molar-refractivity contribution in [2.45, 2.75) is 20.4 Å². The molecule has 1 heterocycles. The number of aromatic nitrogens is 1. The summed E-state index contributed by atoms with van der Waals surface area (Å²) in [6.45, 7) is 3.56. The highest BCUT2D eigenvalue weighted by Crippen LogP contribution is 2.19. The van der Waals surface area contributed by atoms with E-state index in [0.29, 0.717) is 10.7 Å². The van der Waals surface area contributed by atoms with Crippen LogP contribution in [0.1, 0.15) is 18.2 Å². The van der Waals surface area contributed by atoms with E-state index >= 15 is 0 Å². The Bertz CT molecular complexity index is 704. The molecule has 0 aliphatic heterocycles. The van der Waals surface area contributed by atoms with Crippen molar-refractivity contribution in [3.8, 4) is 0 Å². The predicted octanol–water partition coefficient (Wildman–Crippen LogP) is 3.03. The summed E-state index contributed by atoms with van der Waals surface area (Å²) >= 11 is 6.04. The Kier molecular flexibility index (Phi) is 5.71. The van der Waals surface area contributed by atoms with Crippen LogP contribution in [0.25, 0.3) is 0 Å². The number of pyridine rings is 1. The fraction of sp³-hybridized carbons (Fsp3) is 0.235. The monoisotopic (exact) mass is 331 g/mol. The second-order valence-corrected chi connectivity index (χ2v) is 5.62. The summed E-state index contributed by atoms with van der Waals surface area (Å²) < 4.78 is 0. The van der Waals surface area contributed by atoms with Crippen molar-refractivity contribution in [2.24, 2.45) is 0 Å². The molecule has 1 aromatic heterocycles. The molecule has 0 saturated heterocycles. The van der Waals surface area contributed by atoms with E-state index in [1.807, 2.05) is 25.1 Å². The van der Waals surface area contributed by atoms with Gasteiger partial charge >= 0.3 is 0 Å². The molecule has 0 saturated carbocycles. The number of carbonyl (C=O) groups excluding carboxylic acids is 2. The summed E-state index contributed by atoms with van der Waals surface area (Å²) in [6.07, 6.45) is 1.65. The summed E-state index contributed by atoms with van der Waals surface area (Å²) in [5, 5.41) is 3.33. The van der Waals surface area contributed by atoms with Gasteiger partial charge in [-0.2, -0.15) is 0 Å². The molecule has 2 amide bonds. The lowest BCUT2D eigenvalue weighted by Crippen LogP contribution is -2.36. The Morgan fingerprint density at radius 3 is 2.65 bits per heavy atom. The summed E-state index contributed by atoms with van der Waals surface area (Å²) in [6, 6.07) is 10.7. The van der Waals surface area contributed by atoms with Crippen molar-refractivity contribution in [2.75, 3.05) is 11.9 Å². The normalized spacial score (nSPS) is 10.2. The van der Waals surface area contributed by atoms with Gasteiger partial charge in [-0.1, -0.05) is 23.7 Å². The molecule has 0 spiro atoms. The highest BCUT2D eigenvalue weighted by atomic mass is 35.5. The quantitative estimate of drug-likeness (QED) is 0.916. The number of rotatable bonds is 5. The zero-order chi connectivity index (χ0) is 16.8. The summed E-state index contributed by atoms with van der Waals surface area (Å²) in [7, 11) is 0. The first-order valence-electron chi connectivity index (χ1n) is 7.17.